The van der Waals surface area contributed by atoms with Crippen molar-refractivity contribution < 1.29 is 0 Å². The number of halogens is 1. The molecule has 0 saturated carbocycles. The van der Waals surface area contributed by atoms with Crippen LogP contribution in [0.3, 0.4) is 0 Å². The third-order valence-corrected chi connectivity index (χ3v) is 9.30. The molecular formula is C34H41ClN2. The molecule has 0 aromatic heterocycles. The molecule has 0 radical (unpaired) electrons. The van der Waals surface area contributed by atoms with E-state index in [9.17, 15) is 0 Å². The molecule has 1 unspecified atom stereocenters. The fourth-order valence-electron chi connectivity index (χ4n) is 6.76. The summed E-state index contributed by atoms with van der Waals surface area (Å²) in [6.07, 6.45) is 12.5. The first-order chi connectivity index (χ1) is 17.7. The van der Waals surface area contributed by atoms with Crippen LogP contribution in [0.15, 0.2) is 94.7 Å². The van der Waals surface area contributed by atoms with E-state index in [0.717, 1.165) is 37.4 Å². The van der Waals surface area contributed by atoms with Crippen molar-refractivity contribution in [2.75, 3.05) is 22.9 Å². The fraction of sp³-hybridized carbons (Fsp3) is 0.412. The van der Waals surface area contributed by atoms with Gasteiger partial charge in [0.15, 0.2) is 0 Å². The van der Waals surface area contributed by atoms with Crippen molar-refractivity contribution in [2.24, 2.45) is 0 Å². The highest BCUT2D eigenvalue weighted by Crippen LogP contribution is 2.48. The number of benzene rings is 2. The van der Waals surface area contributed by atoms with E-state index in [0.29, 0.717) is 6.04 Å². The molecule has 0 bridgehead atoms. The smallest absolute Gasteiger partial charge is 0.0568 e. The number of hydrogen-bond acceptors (Lipinski definition) is 2. The van der Waals surface area contributed by atoms with Crippen LogP contribution in [0.2, 0.25) is 0 Å². The molecule has 2 aromatic carbocycles. The monoisotopic (exact) mass is 512 g/mol. The van der Waals surface area contributed by atoms with Gasteiger partial charge in [0.1, 0.15) is 0 Å². The number of fused-ring (bicyclic) bond motifs is 2. The first kappa shape index (κ1) is 25.9. The summed E-state index contributed by atoms with van der Waals surface area (Å²) in [5.74, 6) is 0. The molecule has 3 aliphatic rings. The Bertz CT molecular complexity index is 1310. The fourth-order valence-corrected chi connectivity index (χ4v) is 7.07. The van der Waals surface area contributed by atoms with Crippen LogP contribution >= 0.6 is 11.6 Å². The molecule has 1 atom stereocenters. The van der Waals surface area contributed by atoms with Crippen molar-refractivity contribution in [2.45, 2.75) is 77.7 Å². The standard InChI is InChI=1S/C34H41ClN2/c1-7-36-28-18-11-9-16-26(28)33(3,4)30(36)22-20-24-14-13-15-25(32(24)35)21-23-31-34(5,6)27-17-10-12-19-29(27)37(31)8-2/h9-12,16-23,30H,7-8,13-15H2,1-6H3. The zero-order valence-corrected chi connectivity index (χ0v) is 24.1. The molecule has 2 aliphatic heterocycles. The SMILES string of the molecule is CCN1C(=CC=C2CCCC(C=CC3N(CC)c4ccccc4C3(C)C)=C2Cl)C(C)(C)c2ccccc21. The van der Waals surface area contributed by atoms with Crippen LogP contribution in [-0.4, -0.2) is 19.1 Å². The Labute approximate surface area is 229 Å². The summed E-state index contributed by atoms with van der Waals surface area (Å²) in [7, 11) is 0. The van der Waals surface area contributed by atoms with Gasteiger partial charge in [-0.15, -0.1) is 0 Å². The van der Waals surface area contributed by atoms with Crippen LogP contribution < -0.4 is 9.80 Å². The van der Waals surface area contributed by atoms with E-state index in [1.807, 2.05) is 0 Å². The predicted octanol–water partition coefficient (Wildman–Crippen LogP) is 9.03. The van der Waals surface area contributed by atoms with Crippen molar-refractivity contribution in [1.82, 2.24) is 0 Å². The normalized spacial score (nSPS) is 24.5. The van der Waals surface area contributed by atoms with Gasteiger partial charge in [-0.25, -0.2) is 0 Å². The van der Waals surface area contributed by atoms with Gasteiger partial charge < -0.3 is 9.80 Å². The lowest BCUT2D eigenvalue weighted by Gasteiger charge is -2.32. The number of rotatable bonds is 5. The zero-order chi connectivity index (χ0) is 26.4. The lowest BCUT2D eigenvalue weighted by molar-refractivity contribution is 0.478. The van der Waals surface area contributed by atoms with Gasteiger partial charge in [-0.1, -0.05) is 93.9 Å². The van der Waals surface area contributed by atoms with Gasteiger partial charge in [-0.05, 0) is 73.6 Å². The Kier molecular flexibility index (Phi) is 6.92. The topological polar surface area (TPSA) is 6.48 Å². The number of nitrogens with zero attached hydrogens (tertiary/aromatic N) is 2. The average molecular weight is 513 g/mol. The van der Waals surface area contributed by atoms with E-state index in [-0.39, 0.29) is 10.8 Å². The highest BCUT2D eigenvalue weighted by atomic mass is 35.5. The summed E-state index contributed by atoms with van der Waals surface area (Å²) in [4.78, 5) is 4.98. The minimum atomic E-state index is -0.0239. The largest absolute Gasteiger partial charge is 0.364 e. The number of anilines is 2. The molecule has 3 heteroatoms. The number of para-hydroxylation sites is 2. The van der Waals surface area contributed by atoms with Crippen molar-refractivity contribution in [3.05, 3.63) is 106 Å². The van der Waals surface area contributed by atoms with Crippen LogP contribution in [0, 0.1) is 0 Å². The molecule has 0 spiro atoms. The molecule has 0 amide bonds. The molecule has 2 nitrogen and oxygen atoms in total. The second kappa shape index (κ2) is 9.87. The predicted molar refractivity (Wildman–Crippen MR) is 161 cm³/mol. The molecule has 2 aromatic rings. The number of hydrogen-bond donors (Lipinski definition) is 0. The highest BCUT2D eigenvalue weighted by molar-refractivity contribution is 6.32. The van der Waals surface area contributed by atoms with Crippen molar-refractivity contribution in [1.29, 1.82) is 0 Å². The Balaban J connectivity index is 1.45. The summed E-state index contributed by atoms with van der Waals surface area (Å²) in [6.45, 7) is 15.8. The molecule has 5 rings (SSSR count). The molecule has 0 saturated heterocycles. The minimum absolute atomic E-state index is 0.0239. The molecule has 194 valence electrons. The Hall–Kier alpha value is -2.71. The van der Waals surface area contributed by atoms with Crippen molar-refractivity contribution in [3.8, 4) is 0 Å². The number of allylic oxidation sites excluding steroid dienone is 7. The first-order valence-corrected chi connectivity index (χ1v) is 14.3. The van der Waals surface area contributed by atoms with Crippen molar-refractivity contribution in [3.63, 3.8) is 0 Å². The summed E-state index contributed by atoms with van der Waals surface area (Å²) in [5.41, 5.74) is 9.42. The van der Waals surface area contributed by atoms with Crippen LogP contribution in [-0.2, 0) is 10.8 Å². The highest BCUT2D eigenvalue weighted by Gasteiger charge is 2.42. The van der Waals surface area contributed by atoms with Gasteiger partial charge in [0.2, 0.25) is 0 Å². The van der Waals surface area contributed by atoms with Gasteiger partial charge in [0, 0.05) is 46.0 Å². The lowest BCUT2D eigenvalue weighted by Crippen LogP contribution is -2.39. The summed E-state index contributed by atoms with van der Waals surface area (Å²) in [6, 6.07) is 18.0. The van der Waals surface area contributed by atoms with E-state index in [2.05, 4.69) is 124 Å². The Morgan fingerprint density at radius 2 is 1.54 bits per heavy atom. The van der Waals surface area contributed by atoms with E-state index >= 15 is 0 Å². The molecular weight excluding hydrogens is 472 g/mol. The Morgan fingerprint density at radius 3 is 2.24 bits per heavy atom. The zero-order valence-electron chi connectivity index (χ0n) is 23.3. The summed E-state index contributed by atoms with van der Waals surface area (Å²) >= 11 is 7.08. The van der Waals surface area contributed by atoms with Crippen LogP contribution in [0.1, 0.15) is 71.9 Å². The van der Waals surface area contributed by atoms with Crippen LogP contribution in [0.5, 0.6) is 0 Å². The van der Waals surface area contributed by atoms with Gasteiger partial charge >= 0.3 is 0 Å². The average Bonchev–Trinajstić information content (AvgIpc) is 3.25. The first-order valence-electron chi connectivity index (χ1n) is 13.9. The van der Waals surface area contributed by atoms with Gasteiger partial charge in [0.25, 0.3) is 0 Å². The molecule has 0 N–H and O–H groups in total. The van der Waals surface area contributed by atoms with E-state index < -0.39 is 0 Å². The molecule has 0 fully saturated rings. The second-order valence-electron chi connectivity index (χ2n) is 11.7. The molecule has 2 heterocycles. The maximum absolute atomic E-state index is 7.08. The van der Waals surface area contributed by atoms with E-state index in [1.54, 1.807) is 0 Å². The summed E-state index contributed by atoms with van der Waals surface area (Å²) in [5, 5.41) is 0.937. The quantitative estimate of drug-likeness (QED) is 0.394. The van der Waals surface area contributed by atoms with E-state index in [1.165, 1.54) is 39.3 Å². The van der Waals surface area contributed by atoms with Crippen LogP contribution in [0.25, 0.3) is 0 Å². The van der Waals surface area contributed by atoms with Gasteiger partial charge in [-0.3, -0.25) is 0 Å². The second-order valence-corrected chi connectivity index (χ2v) is 12.0. The third kappa shape index (κ3) is 4.28. The summed E-state index contributed by atoms with van der Waals surface area (Å²) < 4.78 is 0. The Morgan fingerprint density at radius 1 is 0.865 bits per heavy atom. The maximum atomic E-state index is 7.08. The minimum Gasteiger partial charge on any atom is -0.364 e. The molecule has 37 heavy (non-hydrogen) atoms. The van der Waals surface area contributed by atoms with Gasteiger partial charge in [0.05, 0.1) is 6.04 Å². The lowest BCUT2D eigenvalue weighted by atomic mass is 9.80. The molecule has 1 aliphatic carbocycles. The van der Waals surface area contributed by atoms with Crippen molar-refractivity contribution >= 4 is 23.0 Å². The third-order valence-electron chi connectivity index (χ3n) is 8.82. The van der Waals surface area contributed by atoms with Crippen LogP contribution in [0.4, 0.5) is 11.4 Å². The number of likely N-dealkylation sites (N-methyl/N-ethyl adjacent to an activating group) is 2. The van der Waals surface area contributed by atoms with E-state index in [4.69, 9.17) is 11.6 Å². The maximum Gasteiger partial charge on any atom is 0.0568 e. The van der Waals surface area contributed by atoms with Gasteiger partial charge in [-0.2, -0.15) is 0 Å².